The van der Waals surface area contributed by atoms with E-state index in [4.69, 9.17) is 0 Å². The Balaban J connectivity index is 0.000000963. The van der Waals surface area contributed by atoms with Crippen LogP contribution in [0, 0.1) is 6.92 Å². The highest BCUT2D eigenvalue weighted by molar-refractivity contribution is 7.13. The summed E-state index contributed by atoms with van der Waals surface area (Å²) in [5.41, 5.74) is 1.04. The van der Waals surface area contributed by atoms with E-state index in [1.54, 1.807) is 11.3 Å². The summed E-state index contributed by atoms with van der Waals surface area (Å²) in [5.74, 6) is 1.91. The van der Waals surface area contributed by atoms with Gasteiger partial charge in [0.05, 0.1) is 6.54 Å². The van der Waals surface area contributed by atoms with Crippen molar-refractivity contribution in [3.8, 4) is 10.8 Å². The van der Waals surface area contributed by atoms with Crippen LogP contribution in [0.25, 0.3) is 10.8 Å². The molecule has 0 bridgehead atoms. The first-order chi connectivity index (χ1) is 7.34. The molecule has 1 aliphatic heterocycles. The van der Waals surface area contributed by atoms with Crippen molar-refractivity contribution in [2.75, 3.05) is 6.54 Å². The molecule has 0 aliphatic carbocycles. The van der Waals surface area contributed by atoms with E-state index in [0.29, 0.717) is 0 Å². The molecule has 86 valence electrons. The molecule has 0 unspecified atom stereocenters. The van der Waals surface area contributed by atoms with Crippen LogP contribution in [-0.2, 0) is 13.1 Å². The zero-order valence-corrected chi connectivity index (χ0v) is 10.4. The van der Waals surface area contributed by atoms with Gasteiger partial charge in [-0.15, -0.1) is 33.9 Å². The van der Waals surface area contributed by atoms with Gasteiger partial charge in [0.15, 0.2) is 10.8 Å². The van der Waals surface area contributed by atoms with Crippen LogP contribution in [-0.4, -0.2) is 26.3 Å². The molecule has 3 heterocycles. The summed E-state index contributed by atoms with van der Waals surface area (Å²) in [4.78, 5) is 4.44. The van der Waals surface area contributed by atoms with E-state index in [1.165, 1.54) is 0 Å². The molecular formula is C9H12ClN5S. The van der Waals surface area contributed by atoms with E-state index >= 15 is 0 Å². The van der Waals surface area contributed by atoms with Crippen LogP contribution in [0.15, 0.2) is 5.38 Å². The second kappa shape index (κ2) is 4.48. The van der Waals surface area contributed by atoms with Crippen molar-refractivity contribution in [2.45, 2.75) is 20.0 Å². The van der Waals surface area contributed by atoms with Crippen molar-refractivity contribution in [1.82, 2.24) is 25.1 Å². The van der Waals surface area contributed by atoms with Crippen LogP contribution < -0.4 is 5.32 Å². The Labute approximate surface area is 103 Å². The van der Waals surface area contributed by atoms with Crippen LogP contribution in [0.3, 0.4) is 0 Å². The molecule has 0 fully saturated rings. The number of aromatic nitrogens is 4. The maximum atomic E-state index is 4.44. The molecule has 0 radical (unpaired) electrons. The van der Waals surface area contributed by atoms with E-state index < -0.39 is 0 Å². The molecule has 2 aromatic heterocycles. The second-order valence-electron chi connectivity index (χ2n) is 3.56. The molecule has 16 heavy (non-hydrogen) atoms. The predicted molar refractivity (Wildman–Crippen MR) is 64.8 cm³/mol. The zero-order valence-electron chi connectivity index (χ0n) is 8.80. The SMILES string of the molecule is Cc1csc(-c2nnc3n2CCNC3)n1.Cl. The molecule has 0 atom stereocenters. The van der Waals surface area contributed by atoms with Crippen LogP contribution in [0.1, 0.15) is 11.5 Å². The fraction of sp³-hybridized carbons (Fsp3) is 0.444. The third-order valence-electron chi connectivity index (χ3n) is 2.43. The summed E-state index contributed by atoms with van der Waals surface area (Å²) in [6, 6.07) is 0. The summed E-state index contributed by atoms with van der Waals surface area (Å²) in [5, 5.41) is 14.6. The Morgan fingerprint density at radius 3 is 3.06 bits per heavy atom. The standard InChI is InChI=1S/C9H11N5S.ClH/c1-6-5-15-9(11-6)8-13-12-7-4-10-2-3-14(7)8;/h5,10H,2-4H2,1H3;1H. The van der Waals surface area contributed by atoms with Gasteiger partial charge in [-0.3, -0.25) is 0 Å². The Hall–Kier alpha value is -0.980. The van der Waals surface area contributed by atoms with Gasteiger partial charge in [0, 0.05) is 24.2 Å². The second-order valence-corrected chi connectivity index (χ2v) is 4.42. The molecule has 1 N–H and O–H groups in total. The van der Waals surface area contributed by atoms with Crippen molar-refractivity contribution >= 4 is 23.7 Å². The lowest BCUT2D eigenvalue weighted by Crippen LogP contribution is -2.28. The third-order valence-corrected chi connectivity index (χ3v) is 3.39. The Morgan fingerprint density at radius 2 is 2.31 bits per heavy atom. The van der Waals surface area contributed by atoms with Crippen molar-refractivity contribution in [3.05, 3.63) is 16.9 Å². The lowest BCUT2D eigenvalue weighted by molar-refractivity contribution is 0.508. The molecular weight excluding hydrogens is 246 g/mol. The van der Waals surface area contributed by atoms with E-state index in [1.807, 2.05) is 12.3 Å². The summed E-state index contributed by atoms with van der Waals surface area (Å²) >= 11 is 1.63. The Bertz CT molecular complexity index is 492. The van der Waals surface area contributed by atoms with Gasteiger partial charge in [-0.1, -0.05) is 0 Å². The largest absolute Gasteiger partial charge is 0.308 e. The number of halogens is 1. The van der Waals surface area contributed by atoms with Gasteiger partial charge in [-0.05, 0) is 6.92 Å². The van der Waals surface area contributed by atoms with E-state index in [2.05, 4.69) is 25.1 Å². The lowest BCUT2D eigenvalue weighted by atomic mass is 10.4. The number of hydrogen-bond donors (Lipinski definition) is 1. The van der Waals surface area contributed by atoms with Crippen molar-refractivity contribution < 1.29 is 0 Å². The molecule has 0 spiro atoms. The molecule has 1 aliphatic rings. The molecule has 0 aromatic carbocycles. The summed E-state index contributed by atoms with van der Waals surface area (Å²) in [6.07, 6.45) is 0. The van der Waals surface area contributed by atoms with Gasteiger partial charge in [0.2, 0.25) is 0 Å². The first kappa shape index (κ1) is 11.5. The minimum atomic E-state index is 0. The summed E-state index contributed by atoms with van der Waals surface area (Å²) in [6.45, 7) is 4.70. The first-order valence-electron chi connectivity index (χ1n) is 4.90. The number of fused-ring (bicyclic) bond motifs is 1. The van der Waals surface area contributed by atoms with Gasteiger partial charge in [0.1, 0.15) is 5.82 Å². The number of aryl methyl sites for hydroxylation is 1. The molecule has 0 amide bonds. The fourth-order valence-corrected chi connectivity index (χ4v) is 2.49. The normalized spacial score (nSPS) is 14.3. The smallest absolute Gasteiger partial charge is 0.193 e. The maximum Gasteiger partial charge on any atom is 0.193 e. The predicted octanol–water partition coefficient (Wildman–Crippen LogP) is 1.24. The molecule has 3 rings (SSSR count). The van der Waals surface area contributed by atoms with Gasteiger partial charge < -0.3 is 9.88 Å². The van der Waals surface area contributed by atoms with Crippen LogP contribution >= 0.6 is 23.7 Å². The van der Waals surface area contributed by atoms with Gasteiger partial charge >= 0.3 is 0 Å². The topological polar surface area (TPSA) is 55.6 Å². The third kappa shape index (κ3) is 1.83. The highest BCUT2D eigenvalue weighted by Crippen LogP contribution is 2.23. The molecule has 0 saturated heterocycles. The fourth-order valence-electron chi connectivity index (χ4n) is 1.71. The average molecular weight is 258 g/mol. The van der Waals surface area contributed by atoms with Crippen LogP contribution in [0.4, 0.5) is 0 Å². The summed E-state index contributed by atoms with van der Waals surface area (Å²) < 4.78 is 2.15. The number of rotatable bonds is 1. The molecule has 7 heteroatoms. The van der Waals surface area contributed by atoms with Gasteiger partial charge in [0.25, 0.3) is 0 Å². The van der Waals surface area contributed by atoms with Gasteiger partial charge in [-0.25, -0.2) is 4.98 Å². The highest BCUT2D eigenvalue weighted by atomic mass is 35.5. The zero-order chi connectivity index (χ0) is 10.3. The average Bonchev–Trinajstić information content (AvgIpc) is 2.83. The minimum Gasteiger partial charge on any atom is -0.308 e. The van der Waals surface area contributed by atoms with Crippen LogP contribution in [0.2, 0.25) is 0 Å². The van der Waals surface area contributed by atoms with Crippen molar-refractivity contribution in [3.63, 3.8) is 0 Å². The molecule has 0 saturated carbocycles. The van der Waals surface area contributed by atoms with E-state index in [0.717, 1.165) is 42.0 Å². The van der Waals surface area contributed by atoms with Crippen molar-refractivity contribution in [1.29, 1.82) is 0 Å². The van der Waals surface area contributed by atoms with Crippen molar-refractivity contribution in [2.24, 2.45) is 0 Å². The number of hydrogen-bond acceptors (Lipinski definition) is 5. The minimum absolute atomic E-state index is 0. The number of thiazole rings is 1. The van der Waals surface area contributed by atoms with E-state index in [9.17, 15) is 0 Å². The van der Waals surface area contributed by atoms with Gasteiger partial charge in [-0.2, -0.15) is 0 Å². The summed E-state index contributed by atoms with van der Waals surface area (Å²) in [7, 11) is 0. The quantitative estimate of drug-likeness (QED) is 0.835. The molecule has 2 aromatic rings. The Kier molecular flexibility index (Phi) is 3.22. The maximum absolute atomic E-state index is 4.44. The first-order valence-corrected chi connectivity index (χ1v) is 5.78. The Morgan fingerprint density at radius 1 is 1.44 bits per heavy atom. The number of nitrogens with zero attached hydrogens (tertiary/aromatic N) is 4. The van der Waals surface area contributed by atoms with E-state index in [-0.39, 0.29) is 12.4 Å². The number of nitrogens with one attached hydrogen (secondary N) is 1. The monoisotopic (exact) mass is 257 g/mol. The molecule has 5 nitrogen and oxygen atoms in total. The lowest BCUT2D eigenvalue weighted by Gasteiger charge is -2.14. The highest BCUT2D eigenvalue weighted by Gasteiger charge is 2.18. The van der Waals surface area contributed by atoms with Crippen LogP contribution in [0.5, 0.6) is 0 Å².